The number of fused-ring (bicyclic) bond motifs is 1. The van der Waals surface area contributed by atoms with Gasteiger partial charge in [0.25, 0.3) is 0 Å². The number of nitrogens with zero attached hydrogens (tertiary/aromatic N) is 4. The number of ether oxygens (including phenoxy) is 1. The lowest BCUT2D eigenvalue weighted by atomic mass is 10.2. The molecular weight excluding hydrogens is 328 g/mol. The molecule has 0 unspecified atom stereocenters. The minimum absolute atomic E-state index is 0.0811. The van der Waals surface area contributed by atoms with Gasteiger partial charge < -0.3 is 4.74 Å². The van der Waals surface area contributed by atoms with Crippen LogP contribution in [0.15, 0.2) is 29.3 Å². The van der Waals surface area contributed by atoms with Gasteiger partial charge in [0.2, 0.25) is 10.0 Å². The second kappa shape index (κ2) is 5.03. The van der Waals surface area contributed by atoms with Crippen LogP contribution in [-0.2, 0) is 16.4 Å². The number of hydrogen-bond donors (Lipinski definition) is 0. The van der Waals surface area contributed by atoms with Crippen LogP contribution in [0, 0.1) is 0 Å². The van der Waals surface area contributed by atoms with E-state index >= 15 is 0 Å². The summed E-state index contributed by atoms with van der Waals surface area (Å²) in [6, 6.07) is 5.21. The van der Waals surface area contributed by atoms with Crippen molar-refractivity contribution >= 4 is 10.0 Å². The first kappa shape index (κ1) is 14.4. The summed E-state index contributed by atoms with van der Waals surface area (Å²) < 4.78 is 34.3. The minimum Gasteiger partial charge on any atom is -0.493 e. The molecule has 3 heterocycles. The zero-order valence-corrected chi connectivity index (χ0v) is 13.9. The average molecular weight is 346 g/mol. The SMILES string of the molecule is O=S(=O)(c1ccc2c(c1)CCO2)N1CC(n2cc(C3CC3)nn2)C1. The molecule has 8 heteroatoms. The summed E-state index contributed by atoms with van der Waals surface area (Å²) in [4.78, 5) is 0.349. The molecule has 3 aliphatic rings. The lowest BCUT2D eigenvalue weighted by Gasteiger charge is -2.37. The van der Waals surface area contributed by atoms with Crippen LogP contribution >= 0.6 is 0 Å². The van der Waals surface area contributed by atoms with Crippen molar-refractivity contribution in [3.63, 3.8) is 0 Å². The third-order valence-electron chi connectivity index (χ3n) is 5.03. The van der Waals surface area contributed by atoms with Gasteiger partial charge >= 0.3 is 0 Å². The van der Waals surface area contributed by atoms with Crippen LogP contribution in [0.3, 0.4) is 0 Å². The second-order valence-corrected chi connectivity index (χ2v) is 8.68. The van der Waals surface area contributed by atoms with Crippen molar-refractivity contribution < 1.29 is 13.2 Å². The Balaban J connectivity index is 1.32. The predicted octanol–water partition coefficient (Wildman–Crippen LogP) is 1.34. The fourth-order valence-corrected chi connectivity index (χ4v) is 4.85. The van der Waals surface area contributed by atoms with Crippen LogP contribution in [0.1, 0.15) is 36.1 Å². The summed E-state index contributed by atoms with van der Waals surface area (Å²) in [5.74, 6) is 1.36. The zero-order valence-electron chi connectivity index (χ0n) is 13.1. The topological polar surface area (TPSA) is 77.3 Å². The maximum absolute atomic E-state index is 12.8. The monoisotopic (exact) mass is 346 g/mol. The van der Waals surface area contributed by atoms with Gasteiger partial charge in [-0.1, -0.05) is 5.21 Å². The molecule has 2 aliphatic heterocycles. The van der Waals surface area contributed by atoms with Gasteiger partial charge in [0, 0.05) is 31.6 Å². The number of rotatable bonds is 4. The van der Waals surface area contributed by atoms with E-state index in [1.54, 1.807) is 18.2 Å². The van der Waals surface area contributed by atoms with Gasteiger partial charge in [-0.05, 0) is 36.6 Å². The Morgan fingerprint density at radius 2 is 2.04 bits per heavy atom. The molecule has 126 valence electrons. The molecule has 24 heavy (non-hydrogen) atoms. The summed E-state index contributed by atoms with van der Waals surface area (Å²) >= 11 is 0. The minimum atomic E-state index is -3.45. The largest absolute Gasteiger partial charge is 0.493 e. The highest BCUT2D eigenvalue weighted by atomic mass is 32.2. The standard InChI is InChI=1S/C16H18N4O3S/c21-24(22,14-3-4-16-12(7-14)5-6-23-16)19-8-13(9-19)20-10-15(17-18-20)11-1-2-11/h3-4,7,10-11,13H,1-2,5-6,8-9H2. The van der Waals surface area contributed by atoms with Gasteiger partial charge in [-0.2, -0.15) is 4.31 Å². The van der Waals surface area contributed by atoms with Gasteiger partial charge in [0.15, 0.2) is 0 Å². The molecule has 0 amide bonds. The van der Waals surface area contributed by atoms with E-state index in [2.05, 4.69) is 10.3 Å². The summed E-state index contributed by atoms with van der Waals surface area (Å²) in [5, 5.41) is 8.36. The Labute approximate surface area is 140 Å². The number of sulfonamides is 1. The molecule has 0 spiro atoms. The van der Waals surface area contributed by atoms with E-state index in [4.69, 9.17) is 4.74 Å². The summed E-state index contributed by atoms with van der Waals surface area (Å²) in [5.41, 5.74) is 2.01. The molecule has 1 aromatic heterocycles. The van der Waals surface area contributed by atoms with E-state index in [9.17, 15) is 8.42 Å². The first-order valence-corrected chi connectivity index (χ1v) is 9.73. The quantitative estimate of drug-likeness (QED) is 0.835. The fraction of sp³-hybridized carbons (Fsp3) is 0.500. The normalized spacial score (nSPS) is 21.3. The van der Waals surface area contributed by atoms with Crippen molar-refractivity contribution in [2.75, 3.05) is 19.7 Å². The van der Waals surface area contributed by atoms with Crippen LogP contribution < -0.4 is 4.74 Å². The summed E-state index contributed by atoms with van der Waals surface area (Å²) in [6.45, 7) is 1.52. The summed E-state index contributed by atoms with van der Waals surface area (Å²) in [6.07, 6.45) is 5.11. The Kier molecular flexibility index (Phi) is 3.02. The highest BCUT2D eigenvalue weighted by Gasteiger charge is 2.39. The van der Waals surface area contributed by atoms with Crippen molar-refractivity contribution in [2.24, 2.45) is 0 Å². The van der Waals surface area contributed by atoms with Crippen molar-refractivity contribution in [1.29, 1.82) is 0 Å². The molecule has 7 nitrogen and oxygen atoms in total. The van der Waals surface area contributed by atoms with Crippen LogP contribution in [0.5, 0.6) is 5.75 Å². The molecule has 1 aliphatic carbocycles. The maximum atomic E-state index is 12.8. The fourth-order valence-electron chi connectivity index (χ4n) is 3.29. The van der Waals surface area contributed by atoms with E-state index in [0.29, 0.717) is 30.5 Å². The molecule has 2 aromatic rings. The Hall–Kier alpha value is -1.93. The molecular formula is C16H18N4O3S. The Morgan fingerprint density at radius 3 is 2.83 bits per heavy atom. The van der Waals surface area contributed by atoms with Gasteiger partial charge in [-0.15, -0.1) is 5.10 Å². The Morgan fingerprint density at radius 1 is 1.21 bits per heavy atom. The van der Waals surface area contributed by atoms with Gasteiger partial charge in [0.1, 0.15) is 5.75 Å². The third kappa shape index (κ3) is 2.24. The molecule has 0 N–H and O–H groups in total. The van der Waals surface area contributed by atoms with Crippen molar-refractivity contribution in [1.82, 2.24) is 19.3 Å². The lowest BCUT2D eigenvalue weighted by Crippen LogP contribution is -2.50. The maximum Gasteiger partial charge on any atom is 0.243 e. The van der Waals surface area contributed by atoms with Crippen molar-refractivity contribution in [3.05, 3.63) is 35.7 Å². The van der Waals surface area contributed by atoms with E-state index < -0.39 is 10.0 Å². The number of aromatic nitrogens is 3. The molecule has 0 radical (unpaired) electrons. The van der Waals surface area contributed by atoms with E-state index in [1.807, 2.05) is 10.9 Å². The molecule has 1 saturated heterocycles. The van der Waals surface area contributed by atoms with Crippen LogP contribution in [0.25, 0.3) is 0 Å². The first-order valence-electron chi connectivity index (χ1n) is 8.29. The van der Waals surface area contributed by atoms with Gasteiger partial charge in [0.05, 0.1) is 23.2 Å². The van der Waals surface area contributed by atoms with Crippen LogP contribution in [0.4, 0.5) is 0 Å². The number of hydrogen-bond acceptors (Lipinski definition) is 5. The van der Waals surface area contributed by atoms with E-state index in [1.165, 1.54) is 17.1 Å². The predicted molar refractivity (Wildman–Crippen MR) is 85.4 cm³/mol. The molecule has 1 saturated carbocycles. The molecule has 1 aromatic carbocycles. The van der Waals surface area contributed by atoms with Crippen molar-refractivity contribution in [2.45, 2.75) is 36.1 Å². The average Bonchev–Trinajstić information content (AvgIpc) is 3.07. The van der Waals surface area contributed by atoms with E-state index in [-0.39, 0.29) is 6.04 Å². The molecule has 0 atom stereocenters. The molecule has 5 rings (SSSR count). The number of benzene rings is 1. The smallest absolute Gasteiger partial charge is 0.243 e. The third-order valence-corrected chi connectivity index (χ3v) is 6.85. The first-order chi connectivity index (χ1) is 11.6. The van der Waals surface area contributed by atoms with Crippen molar-refractivity contribution in [3.8, 4) is 5.75 Å². The lowest BCUT2D eigenvalue weighted by molar-refractivity contribution is 0.189. The highest BCUT2D eigenvalue weighted by Crippen LogP contribution is 2.39. The van der Waals surface area contributed by atoms with Gasteiger partial charge in [-0.25, -0.2) is 13.1 Å². The molecule has 0 bridgehead atoms. The second-order valence-electron chi connectivity index (χ2n) is 6.74. The van der Waals surface area contributed by atoms with E-state index in [0.717, 1.165) is 23.4 Å². The highest BCUT2D eigenvalue weighted by molar-refractivity contribution is 7.89. The zero-order chi connectivity index (χ0) is 16.3. The summed E-state index contributed by atoms with van der Waals surface area (Å²) in [7, 11) is -3.45. The molecule has 2 fully saturated rings. The van der Waals surface area contributed by atoms with Crippen LogP contribution in [-0.4, -0.2) is 47.4 Å². The van der Waals surface area contributed by atoms with Crippen LogP contribution in [0.2, 0.25) is 0 Å². The van der Waals surface area contributed by atoms with Gasteiger partial charge in [-0.3, -0.25) is 0 Å². The Bertz CT molecular complexity index is 898.